The van der Waals surface area contributed by atoms with E-state index in [0.29, 0.717) is 27.5 Å². The Hall–Kier alpha value is -3.40. The molecule has 0 radical (unpaired) electrons. The Morgan fingerprint density at radius 2 is 1.83 bits per heavy atom. The minimum Gasteiger partial charge on any atom is -0.406 e. The lowest BCUT2D eigenvalue weighted by Gasteiger charge is -2.08. The Bertz CT molecular complexity index is 1140. The number of nitrogens with one attached hydrogen (secondary N) is 1. The number of carbonyl (C=O) groups is 1. The van der Waals surface area contributed by atoms with Gasteiger partial charge in [-0.3, -0.25) is 14.8 Å². The Morgan fingerprint density at radius 3 is 2.59 bits per heavy atom. The number of halogens is 3. The molecule has 4 rings (SSSR count). The Labute approximate surface area is 166 Å². The SMILES string of the molecule is O=C1NC(=Nc2ccc(OC(F)(F)F)cc2)C(=Cc2cccc3nccnc23)S1. The standard InChI is InChI=1S/C19H11F3N4O2S/c20-19(21,22)28-13-6-4-12(5-7-13)25-17-15(29-18(27)26-17)10-11-2-1-3-14-16(11)24-9-8-23-14/h1-10H,(H,25,26,27). The molecule has 0 spiro atoms. The van der Waals surface area contributed by atoms with E-state index in [1.54, 1.807) is 18.5 Å². The number of amides is 1. The second kappa shape index (κ2) is 7.55. The average molecular weight is 416 g/mol. The molecule has 0 atom stereocenters. The number of ether oxygens (including phenoxy) is 1. The maximum atomic E-state index is 12.3. The van der Waals surface area contributed by atoms with Gasteiger partial charge in [0.25, 0.3) is 5.24 Å². The van der Waals surface area contributed by atoms with E-state index in [1.165, 1.54) is 12.1 Å². The number of thioether (sulfide) groups is 1. The second-order valence-electron chi connectivity index (χ2n) is 5.80. The molecule has 10 heteroatoms. The number of rotatable bonds is 3. The van der Waals surface area contributed by atoms with Crippen LogP contribution in [0.1, 0.15) is 5.56 Å². The summed E-state index contributed by atoms with van der Waals surface area (Å²) in [7, 11) is 0. The van der Waals surface area contributed by atoms with Gasteiger partial charge in [-0.15, -0.1) is 13.2 Å². The van der Waals surface area contributed by atoms with E-state index in [9.17, 15) is 18.0 Å². The van der Waals surface area contributed by atoms with Crippen molar-refractivity contribution in [2.45, 2.75) is 6.36 Å². The molecule has 1 saturated heterocycles. The Balaban J connectivity index is 1.66. The fourth-order valence-electron chi connectivity index (χ4n) is 2.64. The predicted molar refractivity (Wildman–Crippen MR) is 104 cm³/mol. The van der Waals surface area contributed by atoms with Crippen LogP contribution in [0, 0.1) is 0 Å². The van der Waals surface area contributed by atoms with Crippen molar-refractivity contribution >= 4 is 45.6 Å². The zero-order chi connectivity index (χ0) is 20.4. The monoisotopic (exact) mass is 416 g/mol. The second-order valence-corrected chi connectivity index (χ2v) is 6.81. The van der Waals surface area contributed by atoms with Gasteiger partial charge in [0.15, 0.2) is 0 Å². The van der Waals surface area contributed by atoms with Crippen LogP contribution in [0.5, 0.6) is 5.75 Å². The van der Waals surface area contributed by atoms with Crippen LogP contribution in [-0.4, -0.2) is 27.4 Å². The molecule has 0 unspecified atom stereocenters. The van der Waals surface area contributed by atoms with Gasteiger partial charge in [0.2, 0.25) is 0 Å². The van der Waals surface area contributed by atoms with E-state index in [0.717, 1.165) is 29.5 Å². The highest BCUT2D eigenvalue weighted by molar-refractivity contribution is 8.18. The molecular weight excluding hydrogens is 405 g/mol. The van der Waals surface area contributed by atoms with Crippen LogP contribution in [0.25, 0.3) is 17.1 Å². The molecule has 0 saturated carbocycles. The molecule has 2 aromatic carbocycles. The summed E-state index contributed by atoms with van der Waals surface area (Å²) >= 11 is 0.966. The lowest BCUT2D eigenvalue weighted by molar-refractivity contribution is -0.274. The normalized spacial score (nSPS) is 17.1. The molecule has 3 aromatic rings. The smallest absolute Gasteiger partial charge is 0.406 e. The van der Waals surface area contributed by atoms with E-state index in [4.69, 9.17) is 0 Å². The highest BCUT2D eigenvalue weighted by Gasteiger charge is 2.31. The van der Waals surface area contributed by atoms with Crippen LogP contribution in [0.3, 0.4) is 0 Å². The number of fused-ring (bicyclic) bond motifs is 1. The number of hydrogen-bond acceptors (Lipinski definition) is 6. The third-order valence-electron chi connectivity index (χ3n) is 3.78. The predicted octanol–water partition coefficient (Wildman–Crippen LogP) is 5.06. The maximum Gasteiger partial charge on any atom is 0.573 e. The minimum atomic E-state index is -4.76. The summed E-state index contributed by atoms with van der Waals surface area (Å²) in [6.45, 7) is 0. The van der Waals surface area contributed by atoms with E-state index < -0.39 is 6.36 Å². The summed E-state index contributed by atoms with van der Waals surface area (Å²) in [5.74, 6) is -0.0539. The van der Waals surface area contributed by atoms with E-state index in [2.05, 4.69) is 25.0 Å². The number of alkyl halides is 3. The summed E-state index contributed by atoms with van der Waals surface area (Å²) in [6, 6.07) is 10.5. The Kier molecular flexibility index (Phi) is 4.93. The van der Waals surface area contributed by atoms with Crippen LogP contribution in [-0.2, 0) is 0 Å². The average Bonchev–Trinajstić information content (AvgIpc) is 3.01. The summed E-state index contributed by atoms with van der Waals surface area (Å²) in [5, 5.41) is 2.32. The van der Waals surface area contributed by atoms with Crippen molar-refractivity contribution in [1.82, 2.24) is 15.3 Å². The quantitative estimate of drug-likeness (QED) is 0.646. The third kappa shape index (κ3) is 4.54. The first kappa shape index (κ1) is 18.9. The first-order chi connectivity index (χ1) is 13.9. The number of aromatic nitrogens is 2. The largest absolute Gasteiger partial charge is 0.573 e. The van der Waals surface area contributed by atoms with Gasteiger partial charge in [-0.05, 0) is 48.2 Å². The van der Waals surface area contributed by atoms with Crippen molar-refractivity contribution in [3.8, 4) is 5.75 Å². The molecule has 6 nitrogen and oxygen atoms in total. The van der Waals surface area contributed by atoms with Crippen LogP contribution in [0.2, 0.25) is 0 Å². The van der Waals surface area contributed by atoms with E-state index in [-0.39, 0.29) is 11.0 Å². The molecule has 146 valence electrons. The van der Waals surface area contributed by atoms with Crippen LogP contribution in [0.4, 0.5) is 23.7 Å². The number of amidine groups is 1. The molecule has 1 fully saturated rings. The van der Waals surface area contributed by atoms with Gasteiger partial charge in [-0.2, -0.15) is 0 Å². The van der Waals surface area contributed by atoms with Crippen LogP contribution in [0.15, 0.2) is 64.8 Å². The lowest BCUT2D eigenvalue weighted by Crippen LogP contribution is -2.18. The van der Waals surface area contributed by atoms with Gasteiger partial charge in [0.05, 0.1) is 21.6 Å². The maximum absolute atomic E-state index is 12.3. The minimum absolute atomic E-state index is 0.297. The van der Waals surface area contributed by atoms with Crippen LogP contribution >= 0.6 is 11.8 Å². The summed E-state index contributed by atoms with van der Waals surface area (Å²) in [5.41, 5.74) is 2.51. The number of hydrogen-bond donors (Lipinski definition) is 1. The molecule has 1 N–H and O–H groups in total. The molecule has 1 aromatic heterocycles. The molecular formula is C19H11F3N4O2S. The highest BCUT2D eigenvalue weighted by atomic mass is 32.2. The first-order valence-corrected chi connectivity index (χ1v) is 9.04. The third-order valence-corrected chi connectivity index (χ3v) is 4.60. The number of benzene rings is 2. The number of carbonyl (C=O) groups excluding carboxylic acids is 1. The first-order valence-electron chi connectivity index (χ1n) is 8.22. The van der Waals surface area contributed by atoms with Crippen molar-refractivity contribution in [3.63, 3.8) is 0 Å². The van der Waals surface area contributed by atoms with Crippen molar-refractivity contribution in [3.05, 3.63) is 65.3 Å². The van der Waals surface area contributed by atoms with Crippen molar-refractivity contribution < 1.29 is 22.7 Å². The van der Waals surface area contributed by atoms with Gasteiger partial charge in [-0.25, -0.2) is 4.99 Å². The van der Waals surface area contributed by atoms with Gasteiger partial charge in [0.1, 0.15) is 11.6 Å². The lowest BCUT2D eigenvalue weighted by atomic mass is 10.1. The number of aliphatic imine (C=N–C) groups is 1. The number of para-hydroxylation sites is 1. The number of nitrogens with zero attached hydrogens (tertiary/aromatic N) is 3. The molecule has 0 bridgehead atoms. The zero-order valence-corrected chi connectivity index (χ0v) is 15.3. The fourth-order valence-corrected chi connectivity index (χ4v) is 3.36. The van der Waals surface area contributed by atoms with Crippen LogP contribution < -0.4 is 10.1 Å². The van der Waals surface area contributed by atoms with Gasteiger partial charge in [0, 0.05) is 18.0 Å². The van der Waals surface area contributed by atoms with E-state index >= 15 is 0 Å². The Morgan fingerprint density at radius 1 is 1.07 bits per heavy atom. The van der Waals surface area contributed by atoms with E-state index in [1.807, 2.05) is 18.2 Å². The molecule has 1 aliphatic heterocycles. The van der Waals surface area contributed by atoms with Crippen molar-refractivity contribution in [2.75, 3.05) is 0 Å². The highest BCUT2D eigenvalue weighted by Crippen LogP contribution is 2.31. The zero-order valence-electron chi connectivity index (χ0n) is 14.5. The topological polar surface area (TPSA) is 76.5 Å². The molecule has 1 amide bonds. The fraction of sp³-hybridized carbons (Fsp3) is 0.0526. The summed E-state index contributed by atoms with van der Waals surface area (Å²) in [4.78, 5) is 25.3. The molecule has 29 heavy (non-hydrogen) atoms. The van der Waals surface area contributed by atoms with Crippen molar-refractivity contribution in [2.24, 2.45) is 4.99 Å². The van der Waals surface area contributed by atoms with Crippen molar-refractivity contribution in [1.29, 1.82) is 0 Å². The molecule has 0 aliphatic carbocycles. The van der Waals surface area contributed by atoms with Gasteiger partial charge < -0.3 is 10.1 Å². The summed E-state index contributed by atoms with van der Waals surface area (Å²) in [6.07, 6.45) is 0.170. The van der Waals surface area contributed by atoms with Gasteiger partial charge >= 0.3 is 6.36 Å². The summed E-state index contributed by atoms with van der Waals surface area (Å²) < 4.78 is 40.6. The molecule has 1 aliphatic rings. The molecule has 2 heterocycles. The van der Waals surface area contributed by atoms with Gasteiger partial charge in [-0.1, -0.05) is 12.1 Å².